The SMILES string of the molecule is CCCCCCS(=O)(=O)NC(=O)c1ccc(CN(C)Cc2ccc(-c3ccccc3)cc2)cc1. The second-order valence-electron chi connectivity index (χ2n) is 8.74. The highest BCUT2D eigenvalue weighted by Crippen LogP contribution is 2.20. The Morgan fingerprint density at radius 2 is 1.32 bits per heavy atom. The minimum Gasteiger partial charge on any atom is -0.298 e. The number of nitrogens with one attached hydrogen (secondary N) is 1. The smallest absolute Gasteiger partial charge is 0.264 e. The summed E-state index contributed by atoms with van der Waals surface area (Å²) < 4.78 is 26.4. The molecule has 0 unspecified atom stereocenters. The Labute approximate surface area is 203 Å². The van der Waals surface area contributed by atoms with Crippen molar-refractivity contribution < 1.29 is 13.2 Å². The number of carbonyl (C=O) groups excluding carboxylic acids is 1. The fraction of sp³-hybridized carbons (Fsp3) is 0.321. The average molecular weight is 479 g/mol. The lowest BCUT2D eigenvalue weighted by Gasteiger charge is -2.17. The Kier molecular flexibility index (Phi) is 9.42. The van der Waals surface area contributed by atoms with Crippen LogP contribution in [0.5, 0.6) is 0 Å². The van der Waals surface area contributed by atoms with E-state index in [1.165, 1.54) is 16.7 Å². The van der Waals surface area contributed by atoms with Gasteiger partial charge >= 0.3 is 0 Å². The van der Waals surface area contributed by atoms with E-state index < -0.39 is 15.9 Å². The van der Waals surface area contributed by atoms with Crippen molar-refractivity contribution in [2.24, 2.45) is 0 Å². The quantitative estimate of drug-likeness (QED) is 0.343. The summed E-state index contributed by atoms with van der Waals surface area (Å²) in [6, 6.07) is 26.0. The summed E-state index contributed by atoms with van der Waals surface area (Å²) in [6.45, 7) is 3.59. The predicted molar refractivity (Wildman–Crippen MR) is 139 cm³/mol. The largest absolute Gasteiger partial charge is 0.298 e. The van der Waals surface area contributed by atoms with Gasteiger partial charge in [0.2, 0.25) is 10.0 Å². The molecule has 5 nitrogen and oxygen atoms in total. The molecule has 0 saturated carbocycles. The molecule has 0 aliphatic heterocycles. The van der Waals surface area contributed by atoms with Crippen molar-refractivity contribution in [2.75, 3.05) is 12.8 Å². The van der Waals surface area contributed by atoms with E-state index >= 15 is 0 Å². The first kappa shape index (κ1) is 25.7. The van der Waals surface area contributed by atoms with E-state index in [1.807, 2.05) is 30.3 Å². The van der Waals surface area contributed by atoms with E-state index in [0.29, 0.717) is 12.0 Å². The molecule has 3 aromatic carbocycles. The molecule has 6 heteroatoms. The molecule has 0 atom stereocenters. The molecular weight excluding hydrogens is 444 g/mol. The Hall–Kier alpha value is -2.96. The summed E-state index contributed by atoms with van der Waals surface area (Å²) >= 11 is 0. The summed E-state index contributed by atoms with van der Waals surface area (Å²) in [5.74, 6) is -0.595. The first-order chi connectivity index (χ1) is 16.4. The second kappa shape index (κ2) is 12.5. The van der Waals surface area contributed by atoms with E-state index in [-0.39, 0.29) is 5.75 Å². The lowest BCUT2D eigenvalue weighted by Crippen LogP contribution is -2.32. The van der Waals surface area contributed by atoms with Gasteiger partial charge in [-0.05, 0) is 47.9 Å². The Morgan fingerprint density at radius 3 is 1.91 bits per heavy atom. The maximum Gasteiger partial charge on any atom is 0.264 e. The third-order valence-corrected chi connectivity index (χ3v) is 7.02. The summed E-state index contributed by atoms with van der Waals surface area (Å²) in [5, 5.41) is 0. The molecule has 180 valence electrons. The van der Waals surface area contributed by atoms with Crippen molar-refractivity contribution in [3.8, 4) is 11.1 Å². The molecule has 34 heavy (non-hydrogen) atoms. The molecule has 0 saturated heterocycles. The average Bonchev–Trinajstić information content (AvgIpc) is 2.83. The van der Waals surface area contributed by atoms with Crippen LogP contribution >= 0.6 is 0 Å². The van der Waals surface area contributed by atoms with Crippen LogP contribution in [0, 0.1) is 0 Å². The van der Waals surface area contributed by atoms with Crippen LogP contribution in [0.25, 0.3) is 11.1 Å². The minimum absolute atomic E-state index is 0.0199. The van der Waals surface area contributed by atoms with Gasteiger partial charge < -0.3 is 0 Å². The minimum atomic E-state index is -3.60. The molecule has 0 aromatic heterocycles. The van der Waals surface area contributed by atoms with Crippen molar-refractivity contribution >= 4 is 15.9 Å². The number of unbranched alkanes of at least 4 members (excludes halogenated alkanes) is 3. The molecule has 3 aromatic rings. The summed E-state index contributed by atoms with van der Waals surface area (Å²) in [5.41, 5.74) is 5.03. The zero-order chi connectivity index (χ0) is 24.4. The van der Waals surface area contributed by atoms with Crippen molar-refractivity contribution in [3.63, 3.8) is 0 Å². The number of rotatable bonds is 12. The molecule has 1 N–H and O–H groups in total. The van der Waals surface area contributed by atoms with Crippen LogP contribution < -0.4 is 4.72 Å². The van der Waals surface area contributed by atoms with Gasteiger partial charge in [0.15, 0.2) is 0 Å². The zero-order valence-electron chi connectivity index (χ0n) is 20.0. The van der Waals surface area contributed by atoms with Crippen LogP contribution in [0.4, 0.5) is 0 Å². The maximum absolute atomic E-state index is 12.4. The fourth-order valence-corrected chi connectivity index (χ4v) is 4.93. The zero-order valence-corrected chi connectivity index (χ0v) is 20.9. The predicted octanol–water partition coefficient (Wildman–Crippen LogP) is 5.63. The molecule has 0 radical (unpaired) electrons. The van der Waals surface area contributed by atoms with Crippen LogP contribution in [0.1, 0.15) is 54.1 Å². The van der Waals surface area contributed by atoms with Gasteiger partial charge in [-0.1, -0.05) is 92.9 Å². The molecule has 3 rings (SSSR count). The third kappa shape index (κ3) is 8.12. The maximum atomic E-state index is 12.4. The van der Waals surface area contributed by atoms with Crippen molar-refractivity contribution in [1.29, 1.82) is 0 Å². The van der Waals surface area contributed by atoms with Gasteiger partial charge in [-0.15, -0.1) is 0 Å². The first-order valence-corrected chi connectivity index (χ1v) is 13.5. The number of hydrogen-bond donors (Lipinski definition) is 1. The summed E-state index contributed by atoms with van der Waals surface area (Å²) in [4.78, 5) is 14.6. The topological polar surface area (TPSA) is 66.5 Å². The normalized spacial score (nSPS) is 11.5. The monoisotopic (exact) mass is 478 g/mol. The molecule has 0 bridgehead atoms. The van der Waals surface area contributed by atoms with Gasteiger partial charge in [0.05, 0.1) is 5.75 Å². The van der Waals surface area contributed by atoms with Gasteiger partial charge in [0, 0.05) is 18.7 Å². The highest BCUT2D eigenvalue weighted by molar-refractivity contribution is 7.90. The molecular formula is C28H34N2O3S. The molecule has 0 spiro atoms. The second-order valence-corrected chi connectivity index (χ2v) is 10.6. The van der Waals surface area contributed by atoms with Crippen molar-refractivity contribution in [2.45, 2.75) is 45.7 Å². The van der Waals surface area contributed by atoms with Crippen molar-refractivity contribution in [3.05, 3.63) is 95.6 Å². The highest BCUT2D eigenvalue weighted by atomic mass is 32.2. The van der Waals surface area contributed by atoms with E-state index in [4.69, 9.17) is 0 Å². The fourth-order valence-electron chi connectivity index (χ4n) is 3.84. The van der Waals surface area contributed by atoms with Gasteiger partial charge in [-0.3, -0.25) is 9.69 Å². The van der Waals surface area contributed by atoms with Gasteiger partial charge in [-0.2, -0.15) is 0 Å². The third-order valence-electron chi connectivity index (χ3n) is 5.70. The van der Waals surface area contributed by atoms with Crippen LogP contribution in [-0.2, 0) is 23.1 Å². The van der Waals surface area contributed by atoms with E-state index in [0.717, 1.165) is 37.9 Å². The van der Waals surface area contributed by atoms with Crippen LogP contribution in [0.15, 0.2) is 78.9 Å². The number of hydrogen-bond acceptors (Lipinski definition) is 4. The Bertz CT molecular complexity index is 1140. The number of sulfonamides is 1. The number of benzene rings is 3. The Balaban J connectivity index is 1.50. The molecule has 0 heterocycles. The Morgan fingerprint density at radius 1 is 0.765 bits per heavy atom. The van der Waals surface area contributed by atoms with Gasteiger partial charge in [0.25, 0.3) is 5.91 Å². The molecule has 0 aliphatic rings. The van der Waals surface area contributed by atoms with Crippen LogP contribution in [-0.4, -0.2) is 32.0 Å². The van der Waals surface area contributed by atoms with E-state index in [2.05, 4.69) is 60.0 Å². The standard InChI is InChI=1S/C28H34N2O3S/c1-3-4-5-9-20-34(32,33)29-28(31)27-18-14-24(15-19-27)22-30(2)21-23-12-16-26(17-13-23)25-10-7-6-8-11-25/h6-8,10-19H,3-5,9,20-22H2,1-2H3,(H,29,31). The van der Waals surface area contributed by atoms with Crippen LogP contribution in [0.2, 0.25) is 0 Å². The van der Waals surface area contributed by atoms with E-state index in [1.54, 1.807) is 12.1 Å². The van der Waals surface area contributed by atoms with Gasteiger partial charge in [-0.25, -0.2) is 13.1 Å². The number of amides is 1. The molecule has 0 aliphatic carbocycles. The summed E-state index contributed by atoms with van der Waals surface area (Å²) in [6.07, 6.45) is 3.45. The lowest BCUT2D eigenvalue weighted by molar-refractivity contribution is 0.0981. The lowest BCUT2D eigenvalue weighted by atomic mass is 10.0. The van der Waals surface area contributed by atoms with Crippen LogP contribution in [0.3, 0.4) is 0 Å². The van der Waals surface area contributed by atoms with E-state index in [9.17, 15) is 13.2 Å². The first-order valence-electron chi connectivity index (χ1n) is 11.8. The summed E-state index contributed by atoms with van der Waals surface area (Å²) in [7, 11) is -1.55. The number of carbonyl (C=O) groups is 1. The van der Waals surface area contributed by atoms with Crippen molar-refractivity contribution in [1.82, 2.24) is 9.62 Å². The van der Waals surface area contributed by atoms with Gasteiger partial charge in [0.1, 0.15) is 0 Å². The molecule has 0 fully saturated rings. The highest BCUT2D eigenvalue weighted by Gasteiger charge is 2.16. The number of nitrogens with zero attached hydrogens (tertiary/aromatic N) is 1. The molecule has 1 amide bonds.